The predicted molar refractivity (Wildman–Crippen MR) is 167 cm³/mol. The Balaban J connectivity index is 1.49. The fourth-order valence-electron chi connectivity index (χ4n) is 5.83. The summed E-state index contributed by atoms with van der Waals surface area (Å²) in [5.74, 6) is 0.482. The second-order valence-corrected chi connectivity index (χ2v) is 11.0. The van der Waals surface area contributed by atoms with Crippen LogP contribution in [0.5, 0.6) is 0 Å². The summed E-state index contributed by atoms with van der Waals surface area (Å²) >= 11 is 1.74. The summed E-state index contributed by atoms with van der Waals surface area (Å²) in [4.78, 5) is 9.46. The molecule has 8 rings (SSSR count). The highest BCUT2D eigenvalue weighted by atomic mass is 32.1. The van der Waals surface area contributed by atoms with Gasteiger partial charge in [-0.05, 0) is 35.0 Å². The van der Waals surface area contributed by atoms with Gasteiger partial charge in [-0.1, -0.05) is 78.9 Å². The number of aromatic nitrogens is 3. The van der Waals surface area contributed by atoms with Gasteiger partial charge in [0.05, 0.1) is 16.7 Å². The highest BCUT2D eigenvalue weighted by Crippen LogP contribution is 2.37. The molecule has 4 N–H and O–H groups in total. The maximum atomic E-state index is 7.04. The molecule has 0 radical (unpaired) electrons. The zero-order valence-corrected chi connectivity index (χ0v) is 22.2. The average Bonchev–Trinajstić information content (AvgIpc) is 3.55. The molecule has 3 heterocycles. The highest BCUT2D eigenvalue weighted by Gasteiger charge is 2.16. The molecule has 0 unspecified atom stereocenters. The Labute approximate surface area is 232 Å². The maximum Gasteiger partial charge on any atom is 0.137 e. The van der Waals surface area contributed by atoms with Crippen LogP contribution in [0.15, 0.2) is 116 Å². The molecule has 0 amide bonds. The van der Waals surface area contributed by atoms with Crippen molar-refractivity contribution in [2.45, 2.75) is 0 Å². The van der Waals surface area contributed by atoms with Crippen molar-refractivity contribution in [2.75, 3.05) is 0 Å². The van der Waals surface area contributed by atoms with Gasteiger partial charge in [0.25, 0.3) is 0 Å². The van der Waals surface area contributed by atoms with E-state index in [0.29, 0.717) is 22.2 Å². The Morgan fingerprint density at radius 1 is 0.600 bits per heavy atom. The summed E-state index contributed by atoms with van der Waals surface area (Å²) in [6, 6.07) is 35.8. The van der Waals surface area contributed by atoms with E-state index in [1.807, 2.05) is 18.2 Å². The SMILES string of the molecule is N/C(=c1/nccn/c1=C(/N)c1cccc2c1sc1ccccc12)n1c2ccccc2c2cc3ccccc3cc21. The molecule has 190 valence electrons. The number of nitrogens with two attached hydrogens (primary N) is 2. The van der Waals surface area contributed by atoms with Crippen molar-refractivity contribution < 1.29 is 0 Å². The Bertz CT molecular complexity index is 2420. The van der Waals surface area contributed by atoms with Crippen molar-refractivity contribution in [1.29, 1.82) is 0 Å². The standard InChI is InChI=1S/C34H23N5S/c35-30(25-13-7-12-24-23-11-4-6-15-29(23)40-33(24)25)31-32(38-17-16-37-31)34(36)39-27-14-5-3-10-22(27)26-18-20-8-1-2-9-21(20)19-28(26)39/h1-19H,35-36H2/b31-30+,34-32-. The minimum atomic E-state index is 0.482. The molecular formula is C34H23N5S. The number of hydrogen-bond acceptors (Lipinski definition) is 5. The van der Waals surface area contributed by atoms with Crippen LogP contribution < -0.4 is 22.2 Å². The lowest BCUT2D eigenvalue weighted by molar-refractivity contribution is 1.03. The first-order valence-electron chi connectivity index (χ1n) is 13.1. The smallest absolute Gasteiger partial charge is 0.137 e. The number of fused-ring (bicyclic) bond motifs is 7. The molecule has 6 heteroatoms. The van der Waals surface area contributed by atoms with Gasteiger partial charge in [-0.2, -0.15) is 0 Å². The summed E-state index contributed by atoms with van der Waals surface area (Å²) < 4.78 is 4.43. The van der Waals surface area contributed by atoms with E-state index >= 15 is 0 Å². The average molecular weight is 534 g/mol. The van der Waals surface area contributed by atoms with E-state index in [9.17, 15) is 0 Å². The van der Waals surface area contributed by atoms with Crippen LogP contribution in [0.4, 0.5) is 0 Å². The molecular weight excluding hydrogens is 510 g/mol. The molecule has 5 nitrogen and oxygen atoms in total. The number of para-hydroxylation sites is 1. The molecule has 3 aromatic heterocycles. The molecule has 0 aliphatic rings. The van der Waals surface area contributed by atoms with Gasteiger partial charge in [-0.15, -0.1) is 11.3 Å². The van der Waals surface area contributed by atoms with Gasteiger partial charge < -0.3 is 11.5 Å². The first-order chi connectivity index (χ1) is 19.7. The van der Waals surface area contributed by atoms with E-state index in [2.05, 4.69) is 89.5 Å². The molecule has 0 fully saturated rings. The second-order valence-electron chi connectivity index (χ2n) is 9.90. The largest absolute Gasteiger partial charge is 0.396 e. The molecule has 8 aromatic rings. The van der Waals surface area contributed by atoms with Crippen molar-refractivity contribution in [2.24, 2.45) is 11.5 Å². The molecule has 0 aliphatic heterocycles. The molecule has 0 spiro atoms. The van der Waals surface area contributed by atoms with Gasteiger partial charge in [0.2, 0.25) is 0 Å². The van der Waals surface area contributed by atoms with E-state index in [4.69, 9.17) is 21.4 Å². The van der Waals surface area contributed by atoms with Crippen LogP contribution >= 0.6 is 11.3 Å². The fourth-order valence-corrected chi connectivity index (χ4v) is 7.06. The predicted octanol–water partition coefficient (Wildman–Crippen LogP) is 5.79. The molecule has 0 atom stereocenters. The van der Waals surface area contributed by atoms with Crippen molar-refractivity contribution in [3.8, 4) is 0 Å². The van der Waals surface area contributed by atoms with Crippen LogP contribution in [0.3, 0.4) is 0 Å². The van der Waals surface area contributed by atoms with Crippen molar-refractivity contribution in [3.63, 3.8) is 0 Å². The number of benzene rings is 5. The van der Waals surface area contributed by atoms with Crippen LogP contribution in [-0.4, -0.2) is 14.5 Å². The quantitative estimate of drug-likeness (QED) is 0.295. The monoisotopic (exact) mass is 533 g/mol. The second kappa shape index (κ2) is 8.66. The van der Waals surface area contributed by atoms with Crippen LogP contribution in [0.25, 0.3) is 64.3 Å². The van der Waals surface area contributed by atoms with Gasteiger partial charge in [0.1, 0.15) is 16.5 Å². The van der Waals surface area contributed by atoms with Gasteiger partial charge in [-0.25, -0.2) is 4.98 Å². The Kier molecular flexibility index (Phi) is 4.93. The molecule has 0 saturated carbocycles. The fraction of sp³-hybridized carbons (Fsp3) is 0. The maximum absolute atomic E-state index is 7.04. The first-order valence-corrected chi connectivity index (χ1v) is 13.9. The van der Waals surface area contributed by atoms with Gasteiger partial charge in [0.15, 0.2) is 0 Å². The van der Waals surface area contributed by atoms with Crippen molar-refractivity contribution in [1.82, 2.24) is 14.5 Å². The molecule has 0 aliphatic carbocycles. The normalized spacial score (nSPS) is 13.5. The zero-order valence-electron chi connectivity index (χ0n) is 21.4. The Morgan fingerprint density at radius 2 is 1.27 bits per heavy atom. The minimum absolute atomic E-state index is 0.482. The topological polar surface area (TPSA) is 82.8 Å². The summed E-state index contributed by atoms with van der Waals surface area (Å²) in [5, 5.41) is 8.11. The van der Waals surface area contributed by atoms with Crippen LogP contribution in [0, 0.1) is 0 Å². The zero-order chi connectivity index (χ0) is 26.8. The molecule has 0 bridgehead atoms. The Hall–Kier alpha value is -5.20. The van der Waals surface area contributed by atoms with E-state index in [-0.39, 0.29) is 0 Å². The third kappa shape index (κ3) is 3.26. The van der Waals surface area contributed by atoms with Gasteiger partial charge in [-0.3, -0.25) is 9.55 Å². The number of rotatable bonds is 2. The van der Waals surface area contributed by atoms with Gasteiger partial charge >= 0.3 is 0 Å². The lowest BCUT2D eigenvalue weighted by Gasteiger charge is -2.09. The van der Waals surface area contributed by atoms with Gasteiger partial charge in [0, 0.05) is 48.9 Å². The summed E-state index contributed by atoms with van der Waals surface area (Å²) in [7, 11) is 0. The Morgan fingerprint density at radius 3 is 2.12 bits per heavy atom. The number of thiophene rings is 1. The number of hydrogen-bond donors (Lipinski definition) is 2. The third-order valence-electron chi connectivity index (χ3n) is 7.67. The van der Waals surface area contributed by atoms with E-state index in [0.717, 1.165) is 37.5 Å². The first kappa shape index (κ1) is 22.8. The summed E-state index contributed by atoms with van der Waals surface area (Å²) in [6.07, 6.45) is 3.34. The molecule has 40 heavy (non-hydrogen) atoms. The summed E-state index contributed by atoms with van der Waals surface area (Å²) in [5.41, 5.74) is 17.5. The van der Waals surface area contributed by atoms with Crippen molar-refractivity contribution >= 4 is 75.6 Å². The van der Waals surface area contributed by atoms with E-state index in [1.54, 1.807) is 23.7 Å². The summed E-state index contributed by atoms with van der Waals surface area (Å²) in [6.45, 7) is 0. The minimum Gasteiger partial charge on any atom is -0.396 e. The van der Waals surface area contributed by atoms with Crippen molar-refractivity contribution in [3.05, 3.63) is 132 Å². The number of nitrogens with zero attached hydrogens (tertiary/aromatic N) is 3. The van der Waals surface area contributed by atoms with Crippen LogP contribution in [0.1, 0.15) is 5.56 Å². The van der Waals surface area contributed by atoms with Crippen LogP contribution in [-0.2, 0) is 0 Å². The molecule has 5 aromatic carbocycles. The van der Waals surface area contributed by atoms with Crippen LogP contribution in [0.2, 0.25) is 0 Å². The van der Waals surface area contributed by atoms with E-state index in [1.165, 1.54) is 20.9 Å². The lowest BCUT2D eigenvalue weighted by Crippen LogP contribution is -2.40. The molecule has 0 saturated heterocycles. The third-order valence-corrected chi connectivity index (χ3v) is 8.89. The highest BCUT2D eigenvalue weighted by molar-refractivity contribution is 7.26. The van der Waals surface area contributed by atoms with E-state index < -0.39 is 0 Å². The lowest BCUT2D eigenvalue weighted by atomic mass is 10.1.